The summed E-state index contributed by atoms with van der Waals surface area (Å²) in [6, 6.07) is 0. The molecule has 0 bridgehead atoms. The molecule has 1 rings (SSSR count). The van der Waals surface area contributed by atoms with Gasteiger partial charge in [-0.3, -0.25) is 0 Å². The van der Waals surface area contributed by atoms with Gasteiger partial charge in [-0.1, -0.05) is 42.9 Å². The van der Waals surface area contributed by atoms with Crippen molar-refractivity contribution in [3.05, 3.63) is 0 Å². The van der Waals surface area contributed by atoms with Gasteiger partial charge < -0.3 is 5.11 Å². The summed E-state index contributed by atoms with van der Waals surface area (Å²) in [6.45, 7) is 4.61. The van der Waals surface area contributed by atoms with Crippen LogP contribution in [0.3, 0.4) is 0 Å². The second-order valence-electron chi connectivity index (χ2n) is 4.56. The molecule has 1 saturated carbocycles. The van der Waals surface area contributed by atoms with Crippen molar-refractivity contribution < 1.29 is 5.11 Å². The maximum Gasteiger partial charge on any atom is 0.0540 e. The van der Waals surface area contributed by atoms with Crippen LogP contribution in [-0.4, -0.2) is 15.1 Å². The Labute approximate surface area is 102 Å². The summed E-state index contributed by atoms with van der Waals surface area (Å²) in [4.78, 5) is 0. The summed E-state index contributed by atoms with van der Waals surface area (Å²) in [7, 11) is 0. The summed E-state index contributed by atoms with van der Waals surface area (Å²) in [5.74, 6) is 1.76. The number of rotatable bonds is 4. The Morgan fingerprint density at radius 3 is 2.14 bits per heavy atom. The van der Waals surface area contributed by atoms with E-state index in [1.54, 1.807) is 0 Å². The lowest BCUT2D eigenvalue weighted by atomic mass is 9.76. The van der Waals surface area contributed by atoms with E-state index in [0.29, 0.717) is 0 Å². The average molecular weight is 310 g/mol. The quantitative estimate of drug-likeness (QED) is 0.619. The molecule has 0 aromatic carbocycles. The fourth-order valence-corrected chi connectivity index (χ4v) is 3.81. The van der Waals surface area contributed by atoms with Crippen LogP contribution in [0.5, 0.6) is 0 Å². The molecule has 1 nitrogen and oxygen atoms in total. The molecule has 0 amide bonds. The molecule has 0 aliphatic heterocycles. The van der Waals surface area contributed by atoms with Crippen LogP contribution in [0, 0.1) is 11.8 Å². The molecular formula is C12H23IO. The van der Waals surface area contributed by atoms with Gasteiger partial charge >= 0.3 is 0 Å². The highest BCUT2D eigenvalue weighted by Crippen LogP contribution is 2.37. The Morgan fingerprint density at radius 1 is 1.14 bits per heavy atom. The second kappa shape index (κ2) is 6.31. The molecule has 2 heteroatoms. The largest absolute Gasteiger partial charge is 0.393 e. The van der Waals surface area contributed by atoms with Crippen LogP contribution in [0.4, 0.5) is 0 Å². The number of hydrogen-bond acceptors (Lipinski definition) is 1. The van der Waals surface area contributed by atoms with Gasteiger partial charge in [-0.05, 0) is 43.9 Å². The Balaban J connectivity index is 2.44. The predicted molar refractivity (Wildman–Crippen MR) is 69.8 cm³/mol. The Morgan fingerprint density at radius 2 is 1.71 bits per heavy atom. The fraction of sp³-hybridized carbons (Fsp3) is 1.00. The normalized spacial score (nSPS) is 32.6. The number of aliphatic hydroxyl groups is 1. The molecule has 1 N–H and O–H groups in total. The van der Waals surface area contributed by atoms with Crippen molar-refractivity contribution >= 4 is 22.6 Å². The minimum absolute atomic E-state index is 0.00181. The monoisotopic (exact) mass is 310 g/mol. The average Bonchev–Trinajstić information content (AvgIpc) is 2.21. The molecule has 1 fully saturated rings. The highest BCUT2D eigenvalue weighted by molar-refractivity contribution is 14.1. The van der Waals surface area contributed by atoms with E-state index < -0.39 is 0 Å². The molecule has 2 atom stereocenters. The highest BCUT2D eigenvalue weighted by Gasteiger charge is 2.28. The van der Waals surface area contributed by atoms with Crippen molar-refractivity contribution in [2.45, 2.75) is 62.4 Å². The van der Waals surface area contributed by atoms with Gasteiger partial charge in [0.1, 0.15) is 0 Å². The van der Waals surface area contributed by atoms with Crippen LogP contribution < -0.4 is 0 Å². The summed E-state index contributed by atoms with van der Waals surface area (Å²) >= 11 is 2.61. The molecule has 0 radical (unpaired) electrons. The molecule has 0 saturated heterocycles. The molecule has 14 heavy (non-hydrogen) atoms. The maximum absolute atomic E-state index is 9.48. The number of aliphatic hydroxyl groups excluding tert-OH is 1. The topological polar surface area (TPSA) is 20.2 Å². The standard InChI is InChI=1S/C12H23IO/c1-3-11(12(13)4-2)9-5-7-10(14)8-6-9/h9-12,14H,3-8H2,1-2H3. The van der Waals surface area contributed by atoms with Crippen molar-refractivity contribution in [1.29, 1.82) is 0 Å². The van der Waals surface area contributed by atoms with E-state index in [4.69, 9.17) is 0 Å². The molecule has 0 heterocycles. The van der Waals surface area contributed by atoms with E-state index >= 15 is 0 Å². The Bertz CT molecular complexity index is 152. The summed E-state index contributed by atoms with van der Waals surface area (Å²) in [6.07, 6.45) is 7.17. The zero-order valence-corrected chi connectivity index (χ0v) is 11.5. The van der Waals surface area contributed by atoms with Crippen molar-refractivity contribution in [2.75, 3.05) is 0 Å². The van der Waals surface area contributed by atoms with E-state index in [9.17, 15) is 5.11 Å². The fourth-order valence-electron chi connectivity index (χ4n) is 2.72. The van der Waals surface area contributed by atoms with Gasteiger partial charge in [0.15, 0.2) is 0 Å². The van der Waals surface area contributed by atoms with Gasteiger partial charge in [-0.25, -0.2) is 0 Å². The van der Waals surface area contributed by atoms with Crippen LogP contribution in [0.15, 0.2) is 0 Å². The summed E-state index contributed by atoms with van der Waals surface area (Å²) < 4.78 is 0.831. The third-order valence-corrected chi connectivity index (χ3v) is 5.48. The van der Waals surface area contributed by atoms with Crippen molar-refractivity contribution in [3.63, 3.8) is 0 Å². The predicted octanol–water partition coefficient (Wildman–Crippen LogP) is 3.78. The third kappa shape index (κ3) is 3.37. The minimum atomic E-state index is -0.00181. The van der Waals surface area contributed by atoms with Gasteiger partial charge in [-0.2, -0.15) is 0 Å². The summed E-state index contributed by atoms with van der Waals surface area (Å²) in [5, 5.41) is 9.48. The van der Waals surface area contributed by atoms with E-state index in [1.165, 1.54) is 25.7 Å². The molecule has 1 aliphatic rings. The van der Waals surface area contributed by atoms with Crippen LogP contribution in [0.2, 0.25) is 0 Å². The van der Waals surface area contributed by atoms with Crippen molar-refractivity contribution in [3.8, 4) is 0 Å². The van der Waals surface area contributed by atoms with Gasteiger partial charge in [0, 0.05) is 3.92 Å². The lowest BCUT2D eigenvalue weighted by Crippen LogP contribution is -2.28. The van der Waals surface area contributed by atoms with Gasteiger partial charge in [-0.15, -0.1) is 0 Å². The van der Waals surface area contributed by atoms with E-state index in [-0.39, 0.29) is 6.10 Å². The van der Waals surface area contributed by atoms with Crippen molar-refractivity contribution in [2.24, 2.45) is 11.8 Å². The van der Waals surface area contributed by atoms with Crippen LogP contribution in [0.25, 0.3) is 0 Å². The molecule has 1 aliphatic carbocycles. The van der Waals surface area contributed by atoms with Gasteiger partial charge in [0.2, 0.25) is 0 Å². The highest BCUT2D eigenvalue weighted by atomic mass is 127. The Kier molecular flexibility index (Phi) is 5.75. The van der Waals surface area contributed by atoms with Gasteiger partial charge in [0.25, 0.3) is 0 Å². The Hall–Kier alpha value is 0.690. The summed E-state index contributed by atoms with van der Waals surface area (Å²) in [5.41, 5.74) is 0. The smallest absolute Gasteiger partial charge is 0.0540 e. The molecular weight excluding hydrogens is 287 g/mol. The zero-order chi connectivity index (χ0) is 10.6. The maximum atomic E-state index is 9.48. The van der Waals surface area contributed by atoms with E-state index in [0.717, 1.165) is 28.6 Å². The van der Waals surface area contributed by atoms with Crippen LogP contribution >= 0.6 is 22.6 Å². The molecule has 0 aromatic rings. The van der Waals surface area contributed by atoms with E-state index in [1.807, 2.05) is 0 Å². The zero-order valence-electron chi connectivity index (χ0n) is 9.38. The minimum Gasteiger partial charge on any atom is -0.393 e. The third-order valence-electron chi connectivity index (χ3n) is 3.67. The SMILES string of the molecule is CCC(I)C(CC)C1CCC(O)CC1. The molecule has 2 unspecified atom stereocenters. The lowest BCUT2D eigenvalue weighted by molar-refractivity contribution is 0.0899. The van der Waals surface area contributed by atoms with Crippen molar-refractivity contribution in [1.82, 2.24) is 0 Å². The second-order valence-corrected chi connectivity index (χ2v) is 6.16. The number of alkyl halides is 1. The molecule has 0 spiro atoms. The first-order valence-corrected chi connectivity index (χ1v) is 7.25. The lowest BCUT2D eigenvalue weighted by Gasteiger charge is -2.34. The number of hydrogen-bond donors (Lipinski definition) is 1. The molecule has 0 aromatic heterocycles. The number of halogens is 1. The first kappa shape index (κ1) is 12.8. The van der Waals surface area contributed by atoms with E-state index in [2.05, 4.69) is 36.4 Å². The van der Waals surface area contributed by atoms with Crippen LogP contribution in [-0.2, 0) is 0 Å². The first-order valence-electron chi connectivity index (χ1n) is 6.01. The first-order chi connectivity index (χ1) is 6.69. The van der Waals surface area contributed by atoms with Crippen LogP contribution in [0.1, 0.15) is 52.4 Å². The van der Waals surface area contributed by atoms with Gasteiger partial charge in [0.05, 0.1) is 6.10 Å². The molecule has 84 valence electrons.